The van der Waals surface area contributed by atoms with Crippen LogP contribution in [-0.4, -0.2) is 31.1 Å². The van der Waals surface area contributed by atoms with Gasteiger partial charge >= 0.3 is 0 Å². The molecule has 1 aliphatic carbocycles. The molecular formula is C15H21FN2. The molecular weight excluding hydrogens is 227 g/mol. The second kappa shape index (κ2) is 4.98. The molecule has 3 heteroatoms. The summed E-state index contributed by atoms with van der Waals surface area (Å²) < 4.78 is 13.2. The molecule has 98 valence electrons. The summed E-state index contributed by atoms with van der Waals surface area (Å²) in [6.45, 7) is 2.36. The number of aryl methyl sites for hydroxylation is 1. The molecule has 0 amide bonds. The maximum atomic E-state index is 13.2. The average molecular weight is 248 g/mol. The van der Waals surface area contributed by atoms with E-state index in [1.807, 2.05) is 6.07 Å². The van der Waals surface area contributed by atoms with Gasteiger partial charge in [0.25, 0.3) is 0 Å². The minimum absolute atomic E-state index is 0.103. The molecule has 0 bridgehead atoms. The van der Waals surface area contributed by atoms with Crippen molar-refractivity contribution in [1.29, 1.82) is 0 Å². The SMILES string of the molecule is CN1CCC(NC2CCc3cc(F)ccc32)CC1. The van der Waals surface area contributed by atoms with E-state index in [4.69, 9.17) is 0 Å². The fourth-order valence-corrected chi connectivity index (χ4v) is 3.22. The van der Waals surface area contributed by atoms with Gasteiger partial charge in [0.2, 0.25) is 0 Å². The van der Waals surface area contributed by atoms with Gasteiger partial charge in [-0.15, -0.1) is 0 Å². The van der Waals surface area contributed by atoms with Crippen LogP contribution in [-0.2, 0) is 6.42 Å². The fraction of sp³-hybridized carbons (Fsp3) is 0.600. The zero-order valence-electron chi connectivity index (χ0n) is 11.0. The normalized spacial score (nSPS) is 25.3. The van der Waals surface area contributed by atoms with E-state index in [9.17, 15) is 4.39 Å². The topological polar surface area (TPSA) is 15.3 Å². The van der Waals surface area contributed by atoms with E-state index in [0.717, 1.165) is 12.8 Å². The summed E-state index contributed by atoms with van der Waals surface area (Å²) in [5.41, 5.74) is 2.51. The van der Waals surface area contributed by atoms with E-state index in [2.05, 4.69) is 17.3 Å². The van der Waals surface area contributed by atoms with Crippen LogP contribution in [0.5, 0.6) is 0 Å². The molecule has 1 N–H and O–H groups in total. The Kier molecular flexibility index (Phi) is 3.35. The number of hydrogen-bond acceptors (Lipinski definition) is 2. The van der Waals surface area contributed by atoms with Crippen molar-refractivity contribution in [3.63, 3.8) is 0 Å². The molecule has 3 rings (SSSR count). The molecule has 2 nitrogen and oxygen atoms in total. The summed E-state index contributed by atoms with van der Waals surface area (Å²) in [6, 6.07) is 6.32. The molecule has 1 heterocycles. The summed E-state index contributed by atoms with van der Waals surface area (Å²) in [7, 11) is 2.18. The van der Waals surface area contributed by atoms with Crippen LogP contribution in [0, 0.1) is 5.82 Å². The van der Waals surface area contributed by atoms with E-state index in [-0.39, 0.29) is 5.82 Å². The number of benzene rings is 1. The van der Waals surface area contributed by atoms with Crippen LogP contribution in [0.3, 0.4) is 0 Å². The highest BCUT2D eigenvalue weighted by Gasteiger charge is 2.26. The number of nitrogens with zero attached hydrogens (tertiary/aromatic N) is 1. The first-order valence-corrected chi connectivity index (χ1v) is 6.95. The minimum Gasteiger partial charge on any atom is -0.307 e. The zero-order valence-corrected chi connectivity index (χ0v) is 11.0. The summed E-state index contributed by atoms with van der Waals surface area (Å²) in [5.74, 6) is -0.103. The number of piperidine rings is 1. The van der Waals surface area contributed by atoms with Gasteiger partial charge in [0.05, 0.1) is 0 Å². The molecule has 0 saturated carbocycles. The van der Waals surface area contributed by atoms with Crippen molar-refractivity contribution in [3.8, 4) is 0 Å². The fourth-order valence-electron chi connectivity index (χ4n) is 3.22. The third-order valence-corrected chi connectivity index (χ3v) is 4.34. The first-order valence-electron chi connectivity index (χ1n) is 6.95. The molecule has 1 unspecified atom stereocenters. The molecule has 1 saturated heterocycles. The lowest BCUT2D eigenvalue weighted by Gasteiger charge is -2.31. The molecule has 1 fully saturated rings. The lowest BCUT2D eigenvalue weighted by atomic mass is 10.0. The number of nitrogens with one attached hydrogen (secondary N) is 1. The molecule has 0 radical (unpaired) electrons. The van der Waals surface area contributed by atoms with Crippen LogP contribution in [0.15, 0.2) is 18.2 Å². The Labute approximate surface area is 108 Å². The highest BCUT2D eigenvalue weighted by molar-refractivity contribution is 5.35. The van der Waals surface area contributed by atoms with Crippen molar-refractivity contribution in [2.24, 2.45) is 0 Å². The van der Waals surface area contributed by atoms with Crippen LogP contribution in [0.1, 0.15) is 36.4 Å². The second-order valence-corrected chi connectivity index (χ2v) is 5.68. The number of halogens is 1. The molecule has 0 spiro atoms. The number of rotatable bonds is 2. The van der Waals surface area contributed by atoms with Crippen molar-refractivity contribution in [3.05, 3.63) is 35.1 Å². The summed E-state index contributed by atoms with van der Waals surface area (Å²) in [5, 5.41) is 3.76. The maximum absolute atomic E-state index is 13.2. The van der Waals surface area contributed by atoms with Crippen LogP contribution in [0.2, 0.25) is 0 Å². The van der Waals surface area contributed by atoms with E-state index in [0.29, 0.717) is 12.1 Å². The van der Waals surface area contributed by atoms with Crippen LogP contribution in [0.25, 0.3) is 0 Å². The number of fused-ring (bicyclic) bond motifs is 1. The molecule has 2 aliphatic rings. The van der Waals surface area contributed by atoms with Crippen molar-refractivity contribution >= 4 is 0 Å². The Bertz CT molecular complexity index is 425. The standard InChI is InChI=1S/C15H21FN2/c1-18-8-6-13(7-9-18)17-15-5-2-11-10-12(16)3-4-14(11)15/h3-4,10,13,15,17H,2,5-9H2,1H3. The van der Waals surface area contributed by atoms with Gasteiger partial charge in [-0.3, -0.25) is 0 Å². The Morgan fingerprint density at radius 3 is 2.78 bits per heavy atom. The van der Waals surface area contributed by atoms with Gasteiger partial charge in [-0.2, -0.15) is 0 Å². The van der Waals surface area contributed by atoms with Gasteiger partial charge in [-0.25, -0.2) is 4.39 Å². The first kappa shape index (κ1) is 12.1. The molecule has 1 aliphatic heterocycles. The Hall–Kier alpha value is -0.930. The van der Waals surface area contributed by atoms with Gasteiger partial charge in [-0.05, 0) is 69.1 Å². The Balaban J connectivity index is 1.66. The number of likely N-dealkylation sites (tertiary alicyclic amines) is 1. The zero-order chi connectivity index (χ0) is 12.5. The summed E-state index contributed by atoms with van der Waals surface area (Å²) >= 11 is 0. The van der Waals surface area contributed by atoms with Crippen LogP contribution in [0.4, 0.5) is 4.39 Å². The van der Waals surface area contributed by atoms with Crippen molar-refractivity contribution < 1.29 is 4.39 Å². The quantitative estimate of drug-likeness (QED) is 0.865. The smallest absolute Gasteiger partial charge is 0.123 e. The predicted octanol–water partition coefficient (Wildman–Crippen LogP) is 2.50. The van der Waals surface area contributed by atoms with Gasteiger partial charge in [-0.1, -0.05) is 6.07 Å². The second-order valence-electron chi connectivity index (χ2n) is 5.68. The first-order chi connectivity index (χ1) is 8.72. The largest absolute Gasteiger partial charge is 0.307 e. The Morgan fingerprint density at radius 2 is 2.00 bits per heavy atom. The van der Waals surface area contributed by atoms with Crippen molar-refractivity contribution in [2.45, 2.75) is 37.8 Å². The number of hydrogen-bond donors (Lipinski definition) is 1. The molecule has 1 atom stereocenters. The molecule has 1 aromatic carbocycles. The van der Waals surface area contributed by atoms with Crippen molar-refractivity contribution in [2.75, 3.05) is 20.1 Å². The molecule has 1 aromatic rings. The summed E-state index contributed by atoms with van der Waals surface area (Å²) in [6.07, 6.45) is 4.58. The van der Waals surface area contributed by atoms with Crippen LogP contribution >= 0.6 is 0 Å². The maximum Gasteiger partial charge on any atom is 0.123 e. The van der Waals surface area contributed by atoms with E-state index >= 15 is 0 Å². The highest BCUT2D eigenvalue weighted by Crippen LogP contribution is 2.32. The summed E-state index contributed by atoms with van der Waals surface area (Å²) in [4.78, 5) is 2.39. The van der Waals surface area contributed by atoms with Gasteiger partial charge in [0.15, 0.2) is 0 Å². The van der Waals surface area contributed by atoms with Crippen LogP contribution < -0.4 is 5.32 Å². The lowest BCUT2D eigenvalue weighted by molar-refractivity contribution is 0.224. The van der Waals surface area contributed by atoms with Gasteiger partial charge in [0.1, 0.15) is 5.82 Å². The molecule has 18 heavy (non-hydrogen) atoms. The van der Waals surface area contributed by atoms with E-state index in [1.54, 1.807) is 12.1 Å². The van der Waals surface area contributed by atoms with Gasteiger partial charge < -0.3 is 10.2 Å². The highest BCUT2D eigenvalue weighted by atomic mass is 19.1. The van der Waals surface area contributed by atoms with Gasteiger partial charge in [0, 0.05) is 12.1 Å². The van der Waals surface area contributed by atoms with Crippen molar-refractivity contribution in [1.82, 2.24) is 10.2 Å². The lowest BCUT2D eigenvalue weighted by Crippen LogP contribution is -2.41. The third kappa shape index (κ3) is 2.43. The van der Waals surface area contributed by atoms with E-state index in [1.165, 1.54) is 37.1 Å². The predicted molar refractivity (Wildman–Crippen MR) is 71.1 cm³/mol. The minimum atomic E-state index is -0.103. The third-order valence-electron chi connectivity index (χ3n) is 4.34. The average Bonchev–Trinajstić information content (AvgIpc) is 2.74. The van der Waals surface area contributed by atoms with E-state index < -0.39 is 0 Å². The molecule has 0 aromatic heterocycles. The Morgan fingerprint density at radius 1 is 1.22 bits per heavy atom. The monoisotopic (exact) mass is 248 g/mol.